The van der Waals surface area contributed by atoms with Crippen LogP contribution in [0, 0.1) is 0 Å². The second-order valence-electron chi connectivity index (χ2n) is 10.7. The molecule has 1 unspecified atom stereocenters. The van der Waals surface area contributed by atoms with Gasteiger partial charge >= 0.3 is 23.9 Å². The summed E-state index contributed by atoms with van der Waals surface area (Å²) >= 11 is 0. The summed E-state index contributed by atoms with van der Waals surface area (Å²) in [6, 6.07) is 16.9. The van der Waals surface area contributed by atoms with E-state index < -0.39 is 23.9 Å². The van der Waals surface area contributed by atoms with Crippen molar-refractivity contribution in [2.24, 2.45) is 0 Å². The number of rotatable bonds is 9. The molecule has 1 fully saturated rings. The topological polar surface area (TPSA) is 105 Å². The highest BCUT2D eigenvalue weighted by Crippen LogP contribution is 2.47. The van der Waals surface area contributed by atoms with Gasteiger partial charge in [-0.2, -0.15) is 0 Å². The summed E-state index contributed by atoms with van der Waals surface area (Å²) in [6.07, 6.45) is 5.67. The van der Waals surface area contributed by atoms with Crippen LogP contribution in [0.3, 0.4) is 0 Å². The Labute approximate surface area is 249 Å². The molecule has 3 aromatic rings. The molecule has 0 amide bonds. The van der Waals surface area contributed by atoms with Crippen LogP contribution in [0.5, 0.6) is 17.2 Å². The number of hydrogen-bond donors (Lipinski definition) is 0. The normalized spacial score (nSPS) is 15.4. The third-order valence-corrected chi connectivity index (χ3v) is 7.66. The van der Waals surface area contributed by atoms with Gasteiger partial charge in [0.1, 0.15) is 23.4 Å². The summed E-state index contributed by atoms with van der Waals surface area (Å²) in [6.45, 7) is 9.12. The van der Waals surface area contributed by atoms with Crippen LogP contribution in [0.2, 0.25) is 0 Å². The predicted octanol–water partition coefficient (Wildman–Crippen LogP) is 6.86. The molecule has 0 N–H and O–H groups in total. The van der Waals surface area contributed by atoms with Gasteiger partial charge in [0.2, 0.25) is 0 Å². The molecule has 0 spiro atoms. The van der Waals surface area contributed by atoms with Crippen molar-refractivity contribution in [1.82, 2.24) is 0 Å². The van der Waals surface area contributed by atoms with E-state index in [4.69, 9.17) is 18.9 Å². The quantitative estimate of drug-likeness (QED) is 0.154. The number of benzene rings is 3. The Balaban J connectivity index is 1.16. The molecule has 1 atom stereocenters. The van der Waals surface area contributed by atoms with E-state index in [1.807, 2.05) is 31.2 Å². The second kappa shape index (κ2) is 12.9. The summed E-state index contributed by atoms with van der Waals surface area (Å²) in [4.78, 5) is 49.1. The van der Waals surface area contributed by atoms with Crippen LogP contribution in [0.25, 0.3) is 11.1 Å². The van der Waals surface area contributed by atoms with Gasteiger partial charge in [0.25, 0.3) is 0 Å². The first-order valence-corrected chi connectivity index (χ1v) is 14.3. The molecular weight excluding hydrogens is 548 g/mol. The third kappa shape index (κ3) is 6.92. The molecule has 0 heterocycles. The van der Waals surface area contributed by atoms with Gasteiger partial charge in [0, 0.05) is 17.6 Å². The van der Waals surface area contributed by atoms with Crippen LogP contribution >= 0.6 is 0 Å². The Morgan fingerprint density at radius 3 is 1.98 bits per heavy atom. The minimum Gasteiger partial charge on any atom is -0.462 e. The highest BCUT2D eigenvalue weighted by atomic mass is 16.6. The van der Waals surface area contributed by atoms with E-state index >= 15 is 0 Å². The van der Waals surface area contributed by atoms with Crippen molar-refractivity contribution >= 4 is 23.9 Å². The molecule has 3 aromatic carbocycles. The largest absolute Gasteiger partial charge is 0.462 e. The van der Waals surface area contributed by atoms with Gasteiger partial charge in [0.15, 0.2) is 0 Å². The molecule has 0 aliphatic heterocycles. The van der Waals surface area contributed by atoms with Crippen LogP contribution in [0.15, 0.2) is 85.5 Å². The first-order chi connectivity index (χ1) is 20.7. The smallest absolute Gasteiger partial charge is 0.343 e. The van der Waals surface area contributed by atoms with Crippen molar-refractivity contribution in [2.45, 2.75) is 57.5 Å². The maximum atomic E-state index is 12.9. The number of carbonyl (C=O) groups is 4. The molecule has 220 valence electrons. The minimum atomic E-state index is -0.741. The molecule has 0 saturated heterocycles. The van der Waals surface area contributed by atoms with Gasteiger partial charge in [-0.05, 0) is 96.5 Å². The number of carbonyl (C=O) groups excluding carboxylic acids is 4. The zero-order valence-corrected chi connectivity index (χ0v) is 23.9. The van der Waals surface area contributed by atoms with E-state index in [1.165, 1.54) is 24.3 Å². The van der Waals surface area contributed by atoms with Gasteiger partial charge in [-0.25, -0.2) is 14.4 Å². The summed E-state index contributed by atoms with van der Waals surface area (Å²) < 4.78 is 21.7. The average molecular weight is 581 g/mol. The first kappa shape index (κ1) is 29.5. The highest BCUT2D eigenvalue weighted by Gasteiger charge is 2.27. The zero-order valence-electron chi connectivity index (χ0n) is 23.9. The molecule has 0 aromatic heterocycles. The molecule has 0 radical (unpaired) electrons. The monoisotopic (exact) mass is 580 g/mol. The van der Waals surface area contributed by atoms with E-state index in [0.717, 1.165) is 60.4 Å². The van der Waals surface area contributed by atoms with E-state index in [9.17, 15) is 19.2 Å². The maximum Gasteiger partial charge on any atom is 0.343 e. The van der Waals surface area contributed by atoms with Crippen LogP contribution in [-0.2, 0) is 19.1 Å². The molecule has 1 saturated carbocycles. The fourth-order valence-electron chi connectivity index (χ4n) is 5.40. The zero-order chi connectivity index (χ0) is 30.5. The third-order valence-electron chi connectivity index (χ3n) is 7.66. The summed E-state index contributed by atoms with van der Waals surface area (Å²) in [5, 5.41) is 0. The van der Waals surface area contributed by atoms with Gasteiger partial charge in [-0.15, -0.1) is 0 Å². The van der Waals surface area contributed by atoms with Crippen molar-refractivity contribution in [2.75, 3.05) is 0 Å². The minimum absolute atomic E-state index is 0.00807. The number of fused-ring (bicyclic) bond motifs is 3. The molecule has 2 aliphatic rings. The van der Waals surface area contributed by atoms with Crippen LogP contribution in [0.1, 0.15) is 72.9 Å². The van der Waals surface area contributed by atoms with Crippen molar-refractivity contribution in [3.8, 4) is 28.4 Å². The van der Waals surface area contributed by atoms with E-state index in [0.29, 0.717) is 11.5 Å². The van der Waals surface area contributed by atoms with Crippen molar-refractivity contribution in [3.05, 3.63) is 102 Å². The first-order valence-electron chi connectivity index (χ1n) is 14.3. The van der Waals surface area contributed by atoms with Crippen molar-refractivity contribution < 1.29 is 38.1 Å². The maximum absolute atomic E-state index is 12.9. The molecule has 43 heavy (non-hydrogen) atoms. The Morgan fingerprint density at radius 1 is 0.791 bits per heavy atom. The van der Waals surface area contributed by atoms with Gasteiger partial charge < -0.3 is 18.9 Å². The lowest BCUT2D eigenvalue weighted by Crippen LogP contribution is -2.22. The van der Waals surface area contributed by atoms with E-state index in [-0.39, 0.29) is 35.3 Å². The highest BCUT2D eigenvalue weighted by molar-refractivity contribution is 5.95. The Kier molecular flexibility index (Phi) is 8.85. The molecule has 2 aliphatic carbocycles. The lowest BCUT2D eigenvalue weighted by atomic mass is 9.98. The van der Waals surface area contributed by atoms with Gasteiger partial charge in [-0.3, -0.25) is 4.79 Å². The number of ether oxygens (including phenoxy) is 4. The Morgan fingerprint density at radius 2 is 1.37 bits per heavy atom. The summed E-state index contributed by atoms with van der Waals surface area (Å²) in [5.74, 6) is -1.32. The van der Waals surface area contributed by atoms with E-state index in [1.54, 1.807) is 12.1 Å². The van der Waals surface area contributed by atoms with Crippen molar-refractivity contribution in [1.29, 1.82) is 0 Å². The fourth-order valence-corrected chi connectivity index (χ4v) is 5.40. The fraction of sp³-hybridized carbons (Fsp3) is 0.257. The molecule has 5 rings (SSSR count). The molecular formula is C35H32O8. The van der Waals surface area contributed by atoms with Crippen LogP contribution in [0.4, 0.5) is 0 Å². The van der Waals surface area contributed by atoms with E-state index in [2.05, 4.69) is 13.2 Å². The Hall–Kier alpha value is -4.98. The Bertz CT molecular complexity index is 1590. The SMILES string of the molecule is C=CC(=O)Oc1ccc2c(c1)C(C)c1cc(OC(=O)c3ccc(OC(=O)C(=C)CC(=O)OC4CCCCC4)cc3)ccc1-2. The van der Waals surface area contributed by atoms with Crippen molar-refractivity contribution in [3.63, 3.8) is 0 Å². The summed E-state index contributed by atoms with van der Waals surface area (Å²) in [7, 11) is 0. The predicted molar refractivity (Wildman–Crippen MR) is 159 cm³/mol. The molecule has 8 heteroatoms. The standard InChI is InChI=1S/C35H32O8/c1-4-32(36)41-26-14-16-28-29-17-15-27(20-31(29)22(3)30(28)19-26)43-35(39)23-10-12-25(13-11-23)42-34(38)21(2)18-33(37)40-24-8-6-5-7-9-24/h4,10-17,19-20,22,24H,1-2,5-9,18H2,3H3. The molecule has 8 nitrogen and oxygen atoms in total. The molecule has 0 bridgehead atoms. The van der Waals surface area contributed by atoms with Crippen LogP contribution in [-0.4, -0.2) is 30.0 Å². The summed E-state index contributed by atoms with van der Waals surface area (Å²) in [5.41, 5.74) is 4.28. The number of esters is 4. The average Bonchev–Trinajstić information content (AvgIpc) is 3.28. The van der Waals surface area contributed by atoms with Gasteiger partial charge in [0.05, 0.1) is 12.0 Å². The lowest BCUT2D eigenvalue weighted by molar-refractivity contribution is -0.150. The van der Waals surface area contributed by atoms with Gasteiger partial charge in [-0.1, -0.05) is 38.6 Å². The van der Waals surface area contributed by atoms with Crippen LogP contribution < -0.4 is 14.2 Å². The lowest BCUT2D eigenvalue weighted by Gasteiger charge is -2.21. The number of hydrogen-bond acceptors (Lipinski definition) is 8. The second-order valence-corrected chi connectivity index (χ2v) is 10.7.